The largest absolute Gasteiger partial charge is 0.452 e. The molecule has 0 fully saturated rings. The van der Waals surface area contributed by atoms with Gasteiger partial charge in [0.05, 0.1) is 11.3 Å². The molecule has 126 valence electrons. The maximum absolute atomic E-state index is 12.0. The van der Waals surface area contributed by atoms with Crippen molar-refractivity contribution < 1.29 is 14.3 Å². The molecule has 0 unspecified atom stereocenters. The van der Waals surface area contributed by atoms with Gasteiger partial charge in [-0.05, 0) is 74.7 Å². The molecule has 24 heavy (non-hydrogen) atoms. The number of benzene rings is 2. The molecule has 0 aliphatic carbocycles. The summed E-state index contributed by atoms with van der Waals surface area (Å²) >= 11 is 12.5. The number of rotatable bonds is 4. The first kappa shape index (κ1) is 18.8. The number of ether oxygens (including phenoxy) is 1. The second kappa shape index (κ2) is 8.00. The van der Waals surface area contributed by atoms with Gasteiger partial charge in [-0.2, -0.15) is 0 Å². The number of anilines is 2. The van der Waals surface area contributed by atoms with Crippen LogP contribution in [0.1, 0.15) is 15.9 Å². The number of amides is 1. The van der Waals surface area contributed by atoms with E-state index in [1.807, 2.05) is 19.1 Å². The van der Waals surface area contributed by atoms with Crippen LogP contribution in [-0.2, 0) is 9.53 Å². The van der Waals surface area contributed by atoms with Crippen molar-refractivity contribution in [3.63, 3.8) is 0 Å². The van der Waals surface area contributed by atoms with E-state index in [4.69, 9.17) is 22.1 Å². The van der Waals surface area contributed by atoms with Crippen LogP contribution >= 0.6 is 43.5 Å². The maximum atomic E-state index is 12.0. The van der Waals surface area contributed by atoms with Crippen LogP contribution in [0, 0.1) is 6.92 Å². The third-order valence-electron chi connectivity index (χ3n) is 3.02. The van der Waals surface area contributed by atoms with Crippen LogP contribution in [-0.4, -0.2) is 18.5 Å². The summed E-state index contributed by atoms with van der Waals surface area (Å²) in [6.45, 7) is 1.49. The molecule has 0 aromatic heterocycles. The molecular formula is C16H13Br2ClN2O3. The number of nitrogen functional groups attached to an aromatic ring is 1. The minimum absolute atomic E-state index is 0.157. The van der Waals surface area contributed by atoms with E-state index in [0.717, 1.165) is 14.5 Å². The highest BCUT2D eigenvalue weighted by molar-refractivity contribution is 9.11. The SMILES string of the molecule is Cc1cc(Br)c(NC(=O)COC(=O)c2ccc(Cl)cc2N)c(Br)c1. The van der Waals surface area contributed by atoms with Crippen LogP contribution in [0.25, 0.3) is 0 Å². The second-order valence-electron chi connectivity index (χ2n) is 4.96. The normalized spacial score (nSPS) is 10.3. The highest BCUT2D eigenvalue weighted by atomic mass is 79.9. The molecule has 0 atom stereocenters. The lowest BCUT2D eigenvalue weighted by atomic mass is 10.2. The predicted octanol–water partition coefficient (Wildman–Crippen LogP) is 4.55. The van der Waals surface area contributed by atoms with Crippen molar-refractivity contribution in [3.8, 4) is 0 Å². The Morgan fingerprint density at radius 1 is 1.21 bits per heavy atom. The predicted molar refractivity (Wildman–Crippen MR) is 101 cm³/mol. The maximum Gasteiger partial charge on any atom is 0.340 e. The fourth-order valence-electron chi connectivity index (χ4n) is 1.92. The van der Waals surface area contributed by atoms with E-state index in [0.29, 0.717) is 10.7 Å². The fraction of sp³-hybridized carbons (Fsp3) is 0.125. The third kappa shape index (κ3) is 4.72. The number of hydrogen-bond acceptors (Lipinski definition) is 4. The van der Waals surface area contributed by atoms with Crippen LogP contribution in [0.5, 0.6) is 0 Å². The van der Waals surface area contributed by atoms with E-state index in [9.17, 15) is 9.59 Å². The summed E-state index contributed by atoms with van der Waals surface area (Å²) in [6.07, 6.45) is 0. The Morgan fingerprint density at radius 3 is 2.42 bits per heavy atom. The number of halogens is 3. The number of carbonyl (C=O) groups is 2. The first-order chi connectivity index (χ1) is 11.3. The van der Waals surface area contributed by atoms with Crippen molar-refractivity contribution in [3.05, 3.63) is 55.4 Å². The fourth-order valence-corrected chi connectivity index (χ4v) is 3.72. The quantitative estimate of drug-likeness (QED) is 0.501. The first-order valence-electron chi connectivity index (χ1n) is 6.75. The zero-order chi connectivity index (χ0) is 17.9. The van der Waals surface area contributed by atoms with Gasteiger partial charge in [0.1, 0.15) is 0 Å². The molecule has 0 radical (unpaired) electrons. The van der Waals surface area contributed by atoms with Crippen molar-refractivity contribution in [2.24, 2.45) is 0 Å². The Hall–Kier alpha value is -1.57. The average molecular weight is 477 g/mol. The van der Waals surface area contributed by atoms with Crippen molar-refractivity contribution in [1.29, 1.82) is 0 Å². The molecule has 3 N–H and O–H groups in total. The molecule has 1 amide bonds. The lowest BCUT2D eigenvalue weighted by molar-refractivity contribution is -0.119. The molecule has 2 rings (SSSR count). The Bertz CT molecular complexity index is 789. The molecule has 0 aliphatic rings. The van der Waals surface area contributed by atoms with Gasteiger partial charge in [0, 0.05) is 19.7 Å². The summed E-state index contributed by atoms with van der Waals surface area (Å²) in [5, 5.41) is 3.09. The van der Waals surface area contributed by atoms with E-state index >= 15 is 0 Å². The average Bonchev–Trinajstić information content (AvgIpc) is 2.48. The van der Waals surface area contributed by atoms with Crippen LogP contribution < -0.4 is 11.1 Å². The van der Waals surface area contributed by atoms with Gasteiger partial charge in [-0.1, -0.05) is 11.6 Å². The van der Waals surface area contributed by atoms with E-state index in [2.05, 4.69) is 37.2 Å². The smallest absolute Gasteiger partial charge is 0.340 e. The highest BCUT2D eigenvalue weighted by Crippen LogP contribution is 2.32. The van der Waals surface area contributed by atoms with E-state index in [1.165, 1.54) is 18.2 Å². The summed E-state index contributed by atoms with van der Waals surface area (Å²) in [4.78, 5) is 24.0. The second-order valence-corrected chi connectivity index (χ2v) is 7.10. The number of nitrogens with two attached hydrogens (primary N) is 1. The lowest BCUT2D eigenvalue weighted by Crippen LogP contribution is -2.21. The highest BCUT2D eigenvalue weighted by Gasteiger charge is 2.15. The van der Waals surface area contributed by atoms with E-state index < -0.39 is 18.5 Å². The summed E-state index contributed by atoms with van der Waals surface area (Å²) in [6, 6.07) is 8.14. The number of hydrogen-bond donors (Lipinski definition) is 2. The molecule has 8 heteroatoms. The van der Waals surface area contributed by atoms with Crippen molar-refractivity contribution in [2.75, 3.05) is 17.7 Å². The monoisotopic (exact) mass is 474 g/mol. The molecule has 0 aliphatic heterocycles. The Labute approximate surface area is 160 Å². The summed E-state index contributed by atoms with van der Waals surface area (Å²) in [5.74, 6) is -1.16. The van der Waals surface area contributed by atoms with Gasteiger partial charge in [0.15, 0.2) is 6.61 Å². The molecule has 0 heterocycles. The minimum atomic E-state index is -0.693. The molecule has 0 spiro atoms. The number of aryl methyl sites for hydroxylation is 1. The van der Waals surface area contributed by atoms with Crippen molar-refractivity contribution in [2.45, 2.75) is 6.92 Å². The van der Waals surface area contributed by atoms with Crippen LogP contribution in [0.4, 0.5) is 11.4 Å². The molecule has 0 bridgehead atoms. The van der Waals surface area contributed by atoms with E-state index in [1.54, 1.807) is 0 Å². The molecule has 0 saturated carbocycles. The molecule has 0 saturated heterocycles. The molecular weight excluding hydrogens is 463 g/mol. The summed E-state index contributed by atoms with van der Waals surface area (Å²) in [7, 11) is 0. The zero-order valence-corrected chi connectivity index (χ0v) is 16.5. The Morgan fingerprint density at radius 2 is 1.83 bits per heavy atom. The minimum Gasteiger partial charge on any atom is -0.452 e. The number of nitrogens with one attached hydrogen (secondary N) is 1. The first-order valence-corrected chi connectivity index (χ1v) is 8.72. The lowest BCUT2D eigenvalue weighted by Gasteiger charge is -2.11. The zero-order valence-electron chi connectivity index (χ0n) is 12.5. The third-order valence-corrected chi connectivity index (χ3v) is 4.50. The Kier molecular flexibility index (Phi) is 6.26. The van der Waals surface area contributed by atoms with Crippen molar-refractivity contribution in [1.82, 2.24) is 0 Å². The van der Waals surface area contributed by atoms with Crippen LogP contribution in [0.15, 0.2) is 39.3 Å². The van der Waals surface area contributed by atoms with E-state index in [-0.39, 0.29) is 11.3 Å². The molecule has 5 nitrogen and oxygen atoms in total. The van der Waals surface area contributed by atoms with Gasteiger partial charge in [0.25, 0.3) is 5.91 Å². The standard InChI is InChI=1S/C16H13Br2ClN2O3/c1-8-4-11(17)15(12(18)5-8)21-14(22)7-24-16(23)10-3-2-9(19)6-13(10)20/h2-6H,7,20H2,1H3,(H,21,22). The van der Waals surface area contributed by atoms with Crippen molar-refractivity contribution >= 4 is 66.7 Å². The molecule has 2 aromatic carbocycles. The molecule has 2 aromatic rings. The van der Waals surface area contributed by atoms with Gasteiger partial charge < -0.3 is 15.8 Å². The number of carbonyl (C=O) groups excluding carboxylic acids is 2. The summed E-state index contributed by atoms with van der Waals surface area (Å²) < 4.78 is 6.42. The van der Waals surface area contributed by atoms with Gasteiger partial charge in [0.2, 0.25) is 0 Å². The van der Waals surface area contributed by atoms with Gasteiger partial charge in [-0.15, -0.1) is 0 Å². The van der Waals surface area contributed by atoms with Gasteiger partial charge in [-0.3, -0.25) is 4.79 Å². The Balaban J connectivity index is 2.00. The van der Waals surface area contributed by atoms with Crippen LogP contribution in [0.3, 0.4) is 0 Å². The summed E-state index contributed by atoms with van der Waals surface area (Å²) in [5.41, 5.74) is 7.64. The van der Waals surface area contributed by atoms with Gasteiger partial charge >= 0.3 is 5.97 Å². The van der Waals surface area contributed by atoms with Gasteiger partial charge in [-0.25, -0.2) is 4.79 Å². The van der Waals surface area contributed by atoms with Crippen LogP contribution in [0.2, 0.25) is 5.02 Å². The topological polar surface area (TPSA) is 81.4 Å². The number of esters is 1.